The van der Waals surface area contributed by atoms with E-state index in [0.717, 1.165) is 30.6 Å². The minimum absolute atomic E-state index is 0. The normalized spacial score (nSPS) is 12.0. The number of nitrogens with zero attached hydrogens (tertiary/aromatic N) is 1. The van der Waals surface area contributed by atoms with Gasteiger partial charge in [0.05, 0.1) is 5.56 Å². The number of anilines is 2. The molecule has 2 N–H and O–H groups in total. The van der Waals surface area contributed by atoms with Gasteiger partial charge in [0.25, 0.3) is 5.91 Å². The van der Waals surface area contributed by atoms with Crippen molar-refractivity contribution in [2.75, 3.05) is 17.2 Å². The van der Waals surface area contributed by atoms with Crippen LogP contribution in [0.5, 0.6) is 0 Å². The van der Waals surface area contributed by atoms with E-state index in [4.69, 9.17) is 0 Å². The highest BCUT2D eigenvalue weighted by Gasteiger charge is 2.11. The standard InChI is InChI=1S/C16H17N3O.2ClH/c1-11-7-13(10-17-9-11)16(20)19-14-4-5-15-12(8-14)3-2-6-18-15;;/h4-5,7-10,18H,2-3,6H2,1H3,(H,19,20);2*1H. The molecule has 0 saturated carbocycles. The lowest BCUT2D eigenvalue weighted by molar-refractivity contribution is 0.102. The second kappa shape index (κ2) is 8.01. The predicted octanol–water partition coefficient (Wildman–Crippen LogP) is 3.84. The number of hydrogen-bond acceptors (Lipinski definition) is 3. The van der Waals surface area contributed by atoms with Crippen LogP contribution in [0.3, 0.4) is 0 Å². The van der Waals surface area contributed by atoms with E-state index in [1.54, 1.807) is 12.4 Å². The summed E-state index contributed by atoms with van der Waals surface area (Å²) in [5.74, 6) is -0.120. The SMILES string of the molecule is Cc1cncc(C(=O)Nc2ccc3c(c2)CCCN3)c1.Cl.Cl. The fourth-order valence-corrected chi connectivity index (χ4v) is 2.44. The molecule has 4 nitrogen and oxygen atoms in total. The van der Waals surface area contributed by atoms with Crippen LogP contribution in [0.1, 0.15) is 27.9 Å². The summed E-state index contributed by atoms with van der Waals surface area (Å²) in [6, 6.07) is 7.84. The molecule has 3 rings (SSSR count). The molecule has 0 radical (unpaired) electrons. The third-order valence-corrected chi connectivity index (χ3v) is 3.44. The Hall–Kier alpha value is -1.78. The molecule has 0 bridgehead atoms. The lowest BCUT2D eigenvalue weighted by Gasteiger charge is -2.18. The molecular formula is C16H19Cl2N3O. The van der Waals surface area contributed by atoms with Crippen molar-refractivity contribution in [3.8, 4) is 0 Å². The van der Waals surface area contributed by atoms with Crippen LogP contribution >= 0.6 is 24.8 Å². The van der Waals surface area contributed by atoms with Gasteiger partial charge in [0, 0.05) is 30.3 Å². The number of fused-ring (bicyclic) bond motifs is 1. The Bertz CT molecular complexity index is 662. The maximum atomic E-state index is 12.2. The maximum absolute atomic E-state index is 12.2. The zero-order valence-corrected chi connectivity index (χ0v) is 13.9. The third-order valence-electron chi connectivity index (χ3n) is 3.44. The summed E-state index contributed by atoms with van der Waals surface area (Å²) in [5, 5.41) is 6.29. The van der Waals surface area contributed by atoms with Gasteiger partial charge in [0.15, 0.2) is 0 Å². The van der Waals surface area contributed by atoms with E-state index in [-0.39, 0.29) is 30.7 Å². The molecule has 0 unspecified atom stereocenters. The van der Waals surface area contributed by atoms with Crippen molar-refractivity contribution in [3.05, 3.63) is 53.3 Å². The molecule has 2 aromatic rings. The molecule has 1 aromatic heterocycles. The van der Waals surface area contributed by atoms with E-state index >= 15 is 0 Å². The van der Waals surface area contributed by atoms with Crippen molar-refractivity contribution < 1.29 is 4.79 Å². The van der Waals surface area contributed by atoms with Gasteiger partial charge in [-0.2, -0.15) is 0 Å². The zero-order valence-electron chi connectivity index (χ0n) is 12.3. The number of hydrogen-bond donors (Lipinski definition) is 2. The molecule has 6 heteroatoms. The van der Waals surface area contributed by atoms with Crippen LogP contribution in [0.15, 0.2) is 36.7 Å². The number of benzene rings is 1. The Morgan fingerprint density at radius 1 is 1.23 bits per heavy atom. The second-order valence-corrected chi connectivity index (χ2v) is 5.11. The van der Waals surface area contributed by atoms with Gasteiger partial charge in [0.1, 0.15) is 0 Å². The average molecular weight is 340 g/mol. The zero-order chi connectivity index (χ0) is 13.9. The molecule has 2 heterocycles. The van der Waals surface area contributed by atoms with Crippen LogP contribution in [0.4, 0.5) is 11.4 Å². The largest absolute Gasteiger partial charge is 0.385 e. The highest BCUT2D eigenvalue weighted by molar-refractivity contribution is 6.04. The molecular weight excluding hydrogens is 321 g/mol. The second-order valence-electron chi connectivity index (χ2n) is 5.11. The van der Waals surface area contributed by atoms with Crippen LogP contribution in [0, 0.1) is 6.92 Å². The van der Waals surface area contributed by atoms with Gasteiger partial charge >= 0.3 is 0 Å². The van der Waals surface area contributed by atoms with Crippen molar-refractivity contribution >= 4 is 42.1 Å². The number of halogens is 2. The molecule has 1 amide bonds. The Labute approximate surface area is 142 Å². The van der Waals surface area contributed by atoms with Crippen LogP contribution in [-0.2, 0) is 6.42 Å². The molecule has 0 spiro atoms. The number of nitrogens with one attached hydrogen (secondary N) is 2. The van der Waals surface area contributed by atoms with E-state index in [1.165, 1.54) is 11.3 Å². The molecule has 118 valence electrons. The number of pyridine rings is 1. The Morgan fingerprint density at radius 3 is 2.82 bits per heavy atom. The minimum atomic E-state index is -0.120. The lowest BCUT2D eigenvalue weighted by atomic mass is 10.0. The van der Waals surface area contributed by atoms with Gasteiger partial charge in [-0.25, -0.2) is 0 Å². The summed E-state index contributed by atoms with van der Waals surface area (Å²) in [4.78, 5) is 16.2. The summed E-state index contributed by atoms with van der Waals surface area (Å²) in [7, 11) is 0. The first-order valence-electron chi connectivity index (χ1n) is 6.82. The summed E-state index contributed by atoms with van der Waals surface area (Å²) < 4.78 is 0. The van der Waals surface area contributed by atoms with Crippen molar-refractivity contribution in [1.82, 2.24) is 4.98 Å². The van der Waals surface area contributed by atoms with Gasteiger partial charge in [0.2, 0.25) is 0 Å². The number of aromatic nitrogens is 1. The van der Waals surface area contributed by atoms with E-state index < -0.39 is 0 Å². The van der Waals surface area contributed by atoms with Crippen molar-refractivity contribution in [2.24, 2.45) is 0 Å². The fraction of sp³-hybridized carbons (Fsp3) is 0.250. The van der Waals surface area contributed by atoms with Crippen LogP contribution in [0.2, 0.25) is 0 Å². The number of carbonyl (C=O) groups excluding carboxylic acids is 1. The van der Waals surface area contributed by atoms with E-state index in [0.29, 0.717) is 5.56 Å². The monoisotopic (exact) mass is 339 g/mol. The Kier molecular flexibility index (Phi) is 6.65. The molecule has 1 aromatic carbocycles. The van der Waals surface area contributed by atoms with Gasteiger partial charge < -0.3 is 10.6 Å². The van der Waals surface area contributed by atoms with E-state index in [1.807, 2.05) is 31.2 Å². The summed E-state index contributed by atoms with van der Waals surface area (Å²) in [5.41, 5.74) is 4.83. The number of amides is 1. The summed E-state index contributed by atoms with van der Waals surface area (Å²) in [6.45, 7) is 2.95. The maximum Gasteiger partial charge on any atom is 0.257 e. The molecule has 1 aliphatic heterocycles. The summed E-state index contributed by atoms with van der Waals surface area (Å²) in [6.07, 6.45) is 5.51. The fourth-order valence-electron chi connectivity index (χ4n) is 2.44. The van der Waals surface area contributed by atoms with Crippen molar-refractivity contribution in [2.45, 2.75) is 19.8 Å². The molecule has 0 fully saturated rings. The van der Waals surface area contributed by atoms with Gasteiger partial charge in [-0.3, -0.25) is 9.78 Å². The molecule has 0 atom stereocenters. The minimum Gasteiger partial charge on any atom is -0.385 e. The Morgan fingerprint density at radius 2 is 2.05 bits per heavy atom. The summed E-state index contributed by atoms with van der Waals surface area (Å²) >= 11 is 0. The van der Waals surface area contributed by atoms with Crippen molar-refractivity contribution in [3.63, 3.8) is 0 Å². The smallest absolute Gasteiger partial charge is 0.257 e. The number of aryl methyl sites for hydroxylation is 2. The van der Waals surface area contributed by atoms with Crippen LogP contribution in [0.25, 0.3) is 0 Å². The van der Waals surface area contributed by atoms with Gasteiger partial charge in [-0.1, -0.05) is 0 Å². The lowest BCUT2D eigenvalue weighted by Crippen LogP contribution is -2.15. The van der Waals surface area contributed by atoms with Crippen molar-refractivity contribution in [1.29, 1.82) is 0 Å². The first-order chi connectivity index (χ1) is 9.72. The quantitative estimate of drug-likeness (QED) is 0.873. The first kappa shape index (κ1) is 18.3. The molecule has 0 saturated heterocycles. The average Bonchev–Trinajstić information content (AvgIpc) is 2.47. The third kappa shape index (κ3) is 4.12. The highest BCUT2D eigenvalue weighted by atomic mass is 35.5. The number of carbonyl (C=O) groups is 1. The van der Waals surface area contributed by atoms with E-state index in [2.05, 4.69) is 15.6 Å². The molecule has 1 aliphatic rings. The van der Waals surface area contributed by atoms with Gasteiger partial charge in [-0.15, -0.1) is 24.8 Å². The van der Waals surface area contributed by atoms with Crippen LogP contribution in [-0.4, -0.2) is 17.4 Å². The van der Waals surface area contributed by atoms with Crippen LogP contribution < -0.4 is 10.6 Å². The molecule has 22 heavy (non-hydrogen) atoms. The predicted molar refractivity (Wildman–Crippen MR) is 94.7 cm³/mol. The first-order valence-corrected chi connectivity index (χ1v) is 6.82. The highest BCUT2D eigenvalue weighted by Crippen LogP contribution is 2.25. The number of rotatable bonds is 2. The van der Waals surface area contributed by atoms with Gasteiger partial charge in [-0.05, 0) is 55.2 Å². The Balaban J connectivity index is 0.00000121. The topological polar surface area (TPSA) is 54.0 Å². The molecule has 0 aliphatic carbocycles. The van der Waals surface area contributed by atoms with E-state index in [9.17, 15) is 4.79 Å².